The lowest BCUT2D eigenvalue weighted by molar-refractivity contribution is -0.154. The fourth-order valence-electron chi connectivity index (χ4n) is 1.08. The number of hydrogen-bond donors (Lipinski definition) is 1. The van der Waals surface area contributed by atoms with Crippen LogP contribution in [0.3, 0.4) is 0 Å². The molecule has 0 amide bonds. The van der Waals surface area contributed by atoms with E-state index in [0.29, 0.717) is 18.9 Å². The molecule has 2 atom stereocenters. The van der Waals surface area contributed by atoms with Crippen LogP contribution in [0, 0.1) is 5.92 Å². The first-order chi connectivity index (χ1) is 4.70. The molecule has 2 unspecified atom stereocenters. The average Bonchev–Trinajstić information content (AvgIpc) is 1.88. The van der Waals surface area contributed by atoms with Crippen molar-refractivity contribution in [2.45, 2.75) is 25.9 Å². The topological polar surface area (TPSA) is 46.5 Å². The summed E-state index contributed by atoms with van der Waals surface area (Å²) in [6.45, 7) is 2.66. The van der Waals surface area contributed by atoms with Gasteiger partial charge in [-0.25, -0.2) is 4.79 Å². The molecule has 10 heavy (non-hydrogen) atoms. The average molecular weight is 144 g/mol. The Morgan fingerprint density at radius 2 is 2.30 bits per heavy atom. The van der Waals surface area contributed by atoms with Gasteiger partial charge in [-0.15, -0.1) is 0 Å². The van der Waals surface area contributed by atoms with E-state index in [0.717, 1.165) is 6.42 Å². The Morgan fingerprint density at radius 1 is 1.60 bits per heavy atom. The second-order valence-corrected chi connectivity index (χ2v) is 2.84. The van der Waals surface area contributed by atoms with Crippen LogP contribution in [-0.4, -0.2) is 23.8 Å². The first kappa shape index (κ1) is 7.54. The summed E-state index contributed by atoms with van der Waals surface area (Å²) < 4.78 is 5.05. The summed E-state index contributed by atoms with van der Waals surface area (Å²) in [5, 5.41) is 8.50. The highest BCUT2D eigenvalue weighted by molar-refractivity contribution is 5.72. The molecule has 58 valence electrons. The molecule has 0 aromatic heterocycles. The van der Waals surface area contributed by atoms with Crippen LogP contribution in [0.1, 0.15) is 19.8 Å². The van der Waals surface area contributed by atoms with Crippen molar-refractivity contribution in [2.75, 3.05) is 6.61 Å². The van der Waals surface area contributed by atoms with Crippen LogP contribution in [0.4, 0.5) is 0 Å². The number of carboxylic acids is 1. The van der Waals surface area contributed by atoms with Crippen LogP contribution in [-0.2, 0) is 9.53 Å². The maximum absolute atomic E-state index is 10.3. The van der Waals surface area contributed by atoms with Gasteiger partial charge in [-0.2, -0.15) is 0 Å². The molecular formula is C7H12O3. The fraction of sp³-hybridized carbons (Fsp3) is 0.857. The van der Waals surface area contributed by atoms with Crippen molar-refractivity contribution in [1.29, 1.82) is 0 Å². The largest absolute Gasteiger partial charge is 0.479 e. The highest BCUT2D eigenvalue weighted by Gasteiger charge is 2.23. The van der Waals surface area contributed by atoms with Gasteiger partial charge >= 0.3 is 5.97 Å². The third-order valence-electron chi connectivity index (χ3n) is 1.78. The first-order valence-electron chi connectivity index (χ1n) is 3.54. The highest BCUT2D eigenvalue weighted by Crippen LogP contribution is 2.17. The van der Waals surface area contributed by atoms with E-state index in [2.05, 4.69) is 6.92 Å². The van der Waals surface area contributed by atoms with Gasteiger partial charge in [-0.1, -0.05) is 6.92 Å². The minimum atomic E-state index is -0.827. The molecule has 1 N–H and O–H groups in total. The Balaban J connectivity index is 2.33. The first-order valence-corrected chi connectivity index (χ1v) is 3.54. The Labute approximate surface area is 60.0 Å². The molecule has 3 heteroatoms. The third-order valence-corrected chi connectivity index (χ3v) is 1.78. The van der Waals surface area contributed by atoms with Crippen LogP contribution < -0.4 is 0 Å². The van der Waals surface area contributed by atoms with Gasteiger partial charge in [0.25, 0.3) is 0 Å². The summed E-state index contributed by atoms with van der Waals surface area (Å²) in [5.41, 5.74) is 0. The molecule has 0 aromatic carbocycles. The summed E-state index contributed by atoms with van der Waals surface area (Å²) in [6, 6.07) is 0. The maximum Gasteiger partial charge on any atom is 0.332 e. The molecule has 0 aliphatic carbocycles. The second kappa shape index (κ2) is 3.01. The zero-order chi connectivity index (χ0) is 7.56. The highest BCUT2D eigenvalue weighted by atomic mass is 16.5. The van der Waals surface area contributed by atoms with E-state index in [1.54, 1.807) is 0 Å². The predicted octanol–water partition coefficient (Wildman–Crippen LogP) is 0.886. The Kier molecular flexibility index (Phi) is 2.27. The quantitative estimate of drug-likeness (QED) is 0.594. The fourth-order valence-corrected chi connectivity index (χ4v) is 1.08. The van der Waals surface area contributed by atoms with Gasteiger partial charge in [0.1, 0.15) is 0 Å². The molecule has 0 spiro atoms. The molecule has 0 aromatic rings. The lowest BCUT2D eigenvalue weighted by Crippen LogP contribution is -2.30. The number of carbonyl (C=O) groups is 1. The normalized spacial score (nSPS) is 33.7. The molecular weight excluding hydrogens is 132 g/mol. The molecule has 1 aliphatic heterocycles. The monoisotopic (exact) mass is 144 g/mol. The summed E-state index contributed by atoms with van der Waals surface area (Å²) in [4.78, 5) is 10.3. The predicted molar refractivity (Wildman–Crippen MR) is 35.8 cm³/mol. The molecule has 1 aliphatic rings. The van der Waals surface area contributed by atoms with Gasteiger partial charge in [0, 0.05) is 0 Å². The summed E-state index contributed by atoms with van der Waals surface area (Å²) >= 11 is 0. The van der Waals surface area contributed by atoms with E-state index in [1.165, 1.54) is 0 Å². The molecule has 3 nitrogen and oxygen atoms in total. The Bertz CT molecular complexity index is 125. The molecule has 1 heterocycles. The van der Waals surface area contributed by atoms with Crippen molar-refractivity contribution in [1.82, 2.24) is 0 Å². The van der Waals surface area contributed by atoms with E-state index in [9.17, 15) is 4.79 Å². The van der Waals surface area contributed by atoms with Crippen molar-refractivity contribution in [3.05, 3.63) is 0 Å². The second-order valence-electron chi connectivity index (χ2n) is 2.84. The molecule has 0 bridgehead atoms. The van der Waals surface area contributed by atoms with Crippen molar-refractivity contribution in [2.24, 2.45) is 5.92 Å². The lowest BCUT2D eigenvalue weighted by atomic mass is 10.0. The number of ether oxygens (including phenoxy) is 1. The van der Waals surface area contributed by atoms with Gasteiger partial charge in [0.15, 0.2) is 6.10 Å². The van der Waals surface area contributed by atoms with Crippen LogP contribution in [0.2, 0.25) is 0 Å². The summed E-state index contributed by atoms with van der Waals surface area (Å²) in [7, 11) is 0. The number of hydrogen-bond acceptors (Lipinski definition) is 2. The third kappa shape index (κ3) is 1.70. The van der Waals surface area contributed by atoms with E-state index >= 15 is 0 Å². The lowest BCUT2D eigenvalue weighted by Gasteiger charge is -2.23. The summed E-state index contributed by atoms with van der Waals surface area (Å²) in [5.74, 6) is -0.303. The molecule has 0 saturated carbocycles. The Hall–Kier alpha value is -0.570. The Morgan fingerprint density at radius 3 is 2.70 bits per heavy atom. The van der Waals surface area contributed by atoms with Crippen LogP contribution >= 0.6 is 0 Å². The SMILES string of the molecule is CC1CCC(C(=O)O)OC1. The number of aliphatic carboxylic acids is 1. The molecule has 0 radical (unpaired) electrons. The molecule has 1 saturated heterocycles. The maximum atomic E-state index is 10.3. The van der Waals surface area contributed by atoms with Crippen molar-refractivity contribution < 1.29 is 14.6 Å². The van der Waals surface area contributed by atoms with Gasteiger partial charge in [0.2, 0.25) is 0 Å². The van der Waals surface area contributed by atoms with Gasteiger partial charge in [-0.3, -0.25) is 0 Å². The van der Waals surface area contributed by atoms with E-state index < -0.39 is 12.1 Å². The van der Waals surface area contributed by atoms with Gasteiger partial charge in [0.05, 0.1) is 6.61 Å². The number of rotatable bonds is 1. The van der Waals surface area contributed by atoms with E-state index in [1.807, 2.05) is 0 Å². The van der Waals surface area contributed by atoms with E-state index in [4.69, 9.17) is 9.84 Å². The standard InChI is InChI=1S/C7H12O3/c1-5-2-3-6(7(8)9)10-4-5/h5-6H,2-4H2,1H3,(H,8,9). The van der Waals surface area contributed by atoms with Gasteiger partial charge in [-0.05, 0) is 18.8 Å². The minimum absolute atomic E-state index is 0.524. The smallest absolute Gasteiger partial charge is 0.332 e. The van der Waals surface area contributed by atoms with Crippen LogP contribution in [0.5, 0.6) is 0 Å². The van der Waals surface area contributed by atoms with Crippen molar-refractivity contribution in [3.63, 3.8) is 0 Å². The molecule has 1 fully saturated rings. The zero-order valence-electron chi connectivity index (χ0n) is 6.04. The van der Waals surface area contributed by atoms with Crippen molar-refractivity contribution in [3.8, 4) is 0 Å². The summed E-state index contributed by atoms with van der Waals surface area (Å²) in [6.07, 6.45) is 1.09. The van der Waals surface area contributed by atoms with Crippen LogP contribution in [0.25, 0.3) is 0 Å². The van der Waals surface area contributed by atoms with Crippen LogP contribution in [0.15, 0.2) is 0 Å². The van der Waals surface area contributed by atoms with Crippen molar-refractivity contribution >= 4 is 5.97 Å². The minimum Gasteiger partial charge on any atom is -0.479 e. The zero-order valence-corrected chi connectivity index (χ0v) is 6.04. The number of carboxylic acid groups (broad SMARTS) is 1. The van der Waals surface area contributed by atoms with Gasteiger partial charge < -0.3 is 9.84 Å². The molecule has 1 rings (SSSR count). The van der Waals surface area contributed by atoms with E-state index in [-0.39, 0.29) is 0 Å².